The van der Waals surface area contributed by atoms with Crippen molar-refractivity contribution < 1.29 is 17.9 Å². The number of sulfone groups is 1. The Balaban J connectivity index is 2.53. The average Bonchev–Trinajstić information content (AvgIpc) is 3.09. The van der Waals surface area contributed by atoms with Gasteiger partial charge < -0.3 is 4.74 Å². The van der Waals surface area contributed by atoms with Crippen LogP contribution in [0.4, 0.5) is 0 Å². The normalized spacial score (nSPS) is 27.7. The van der Waals surface area contributed by atoms with Crippen molar-refractivity contribution in [3.8, 4) is 6.07 Å². The van der Waals surface area contributed by atoms with Crippen molar-refractivity contribution >= 4 is 27.4 Å². The lowest BCUT2D eigenvalue weighted by Gasteiger charge is -2.08. The first kappa shape index (κ1) is 15.8. The molecule has 0 N–H and O–H groups in total. The second kappa shape index (κ2) is 5.32. The van der Waals surface area contributed by atoms with Gasteiger partial charge in [-0.05, 0) is 24.6 Å². The van der Waals surface area contributed by atoms with Gasteiger partial charge in [-0.25, -0.2) is 8.42 Å². The molecule has 0 bridgehead atoms. The van der Waals surface area contributed by atoms with E-state index >= 15 is 0 Å². The van der Waals surface area contributed by atoms with Crippen LogP contribution in [0.1, 0.15) is 18.4 Å². The molecule has 0 amide bonds. The van der Waals surface area contributed by atoms with Crippen LogP contribution in [0.3, 0.4) is 0 Å². The number of nitrogens with zero attached hydrogens (tertiary/aromatic N) is 1. The number of halogens is 1. The van der Waals surface area contributed by atoms with Gasteiger partial charge in [-0.15, -0.1) is 0 Å². The third-order valence-electron chi connectivity index (χ3n) is 3.60. The maximum absolute atomic E-state index is 12.1. The van der Waals surface area contributed by atoms with E-state index in [1.807, 2.05) is 6.07 Å². The average molecular weight is 328 g/mol. The Bertz CT molecular complexity index is 725. The Labute approximate surface area is 128 Å². The summed E-state index contributed by atoms with van der Waals surface area (Å²) in [5, 5.41) is 8.75. The van der Waals surface area contributed by atoms with Crippen molar-refractivity contribution in [2.75, 3.05) is 12.9 Å². The Kier molecular flexibility index (Phi) is 4.00. The van der Waals surface area contributed by atoms with E-state index in [4.69, 9.17) is 16.3 Å². The number of esters is 1. The molecular weight excluding hydrogens is 314 g/mol. The molecule has 112 valence electrons. The first-order valence-electron chi connectivity index (χ1n) is 6.31. The minimum atomic E-state index is -3.59. The minimum absolute atomic E-state index is 0.0843. The second-order valence-electron chi connectivity index (χ2n) is 4.98. The van der Waals surface area contributed by atoms with Gasteiger partial charge >= 0.3 is 5.97 Å². The highest BCUT2D eigenvalue weighted by Crippen LogP contribution is 2.63. The predicted octanol–water partition coefficient (Wildman–Crippen LogP) is 1.92. The Morgan fingerprint density at radius 2 is 2.19 bits per heavy atom. The third kappa shape index (κ3) is 2.52. The molecule has 1 aromatic carbocycles. The fourth-order valence-electron chi connectivity index (χ4n) is 2.75. The van der Waals surface area contributed by atoms with Crippen molar-refractivity contribution in [3.63, 3.8) is 0 Å². The van der Waals surface area contributed by atoms with Gasteiger partial charge in [0.25, 0.3) is 0 Å². The third-order valence-corrected chi connectivity index (χ3v) is 5.40. The largest absolute Gasteiger partial charge is 0.465 e. The first-order chi connectivity index (χ1) is 9.79. The van der Waals surface area contributed by atoms with Gasteiger partial charge in [-0.3, -0.25) is 4.79 Å². The molecule has 0 saturated heterocycles. The van der Waals surface area contributed by atoms with Gasteiger partial charge in [0.1, 0.15) is 5.25 Å². The summed E-state index contributed by atoms with van der Waals surface area (Å²) in [4.78, 5) is 12.1. The SMILES string of the molecule is CCOC(=O)[C@]1(C#N)[C@@H](c2cccc(Cl)c2)[C@@H]1S(C)(=O)=O. The van der Waals surface area contributed by atoms with Crippen molar-refractivity contribution in [1.82, 2.24) is 0 Å². The van der Waals surface area contributed by atoms with Crippen molar-refractivity contribution in [2.24, 2.45) is 5.41 Å². The van der Waals surface area contributed by atoms with Crippen LogP contribution in [0.2, 0.25) is 5.02 Å². The van der Waals surface area contributed by atoms with E-state index in [1.54, 1.807) is 31.2 Å². The molecule has 3 atom stereocenters. The maximum atomic E-state index is 12.1. The summed E-state index contributed by atoms with van der Waals surface area (Å²) in [6.45, 7) is 1.69. The number of rotatable bonds is 4. The van der Waals surface area contributed by atoms with E-state index in [0.29, 0.717) is 10.6 Å². The van der Waals surface area contributed by atoms with Crippen LogP contribution in [0.5, 0.6) is 0 Å². The van der Waals surface area contributed by atoms with Crippen LogP contribution in [0, 0.1) is 16.7 Å². The van der Waals surface area contributed by atoms with Crippen LogP contribution >= 0.6 is 11.6 Å². The predicted molar refractivity (Wildman–Crippen MR) is 77.5 cm³/mol. The van der Waals surface area contributed by atoms with Gasteiger partial charge in [0, 0.05) is 17.2 Å². The number of ether oxygens (including phenoxy) is 1. The second-order valence-corrected chi connectivity index (χ2v) is 7.59. The highest BCUT2D eigenvalue weighted by atomic mass is 35.5. The molecule has 0 heterocycles. The molecule has 0 aromatic heterocycles. The molecule has 1 aliphatic carbocycles. The summed E-state index contributed by atoms with van der Waals surface area (Å²) < 4.78 is 28.8. The van der Waals surface area contributed by atoms with Gasteiger partial charge in [0.2, 0.25) is 0 Å². The number of benzene rings is 1. The smallest absolute Gasteiger partial charge is 0.328 e. The number of nitriles is 1. The van der Waals surface area contributed by atoms with E-state index in [0.717, 1.165) is 6.26 Å². The minimum Gasteiger partial charge on any atom is -0.465 e. The van der Waals surface area contributed by atoms with E-state index in [-0.39, 0.29) is 6.61 Å². The number of carbonyl (C=O) groups excluding carboxylic acids is 1. The summed E-state index contributed by atoms with van der Waals surface area (Å²) >= 11 is 5.91. The quantitative estimate of drug-likeness (QED) is 0.789. The van der Waals surface area contributed by atoms with E-state index in [2.05, 4.69) is 0 Å². The Morgan fingerprint density at radius 3 is 2.67 bits per heavy atom. The molecule has 7 heteroatoms. The van der Waals surface area contributed by atoms with Crippen molar-refractivity contribution in [2.45, 2.75) is 18.1 Å². The lowest BCUT2D eigenvalue weighted by Crippen LogP contribution is -2.24. The molecule has 0 unspecified atom stereocenters. The summed E-state index contributed by atoms with van der Waals surface area (Å²) in [7, 11) is -3.59. The molecule has 2 rings (SSSR count). The molecule has 1 saturated carbocycles. The Hall–Kier alpha value is -1.58. The Morgan fingerprint density at radius 1 is 1.52 bits per heavy atom. The van der Waals surface area contributed by atoms with Gasteiger partial charge in [0.05, 0.1) is 12.7 Å². The zero-order chi connectivity index (χ0) is 15.8. The molecule has 0 spiro atoms. The monoisotopic (exact) mass is 327 g/mol. The van der Waals surface area contributed by atoms with Crippen molar-refractivity contribution in [3.05, 3.63) is 34.9 Å². The lowest BCUT2D eigenvalue weighted by atomic mass is 10.0. The molecule has 1 aliphatic rings. The fraction of sp³-hybridized carbons (Fsp3) is 0.429. The summed E-state index contributed by atoms with van der Waals surface area (Å²) in [5.74, 6) is -1.55. The molecule has 21 heavy (non-hydrogen) atoms. The summed E-state index contributed by atoms with van der Waals surface area (Å²) in [6, 6.07) is 8.39. The van der Waals surface area contributed by atoms with Gasteiger partial charge in [-0.2, -0.15) is 5.26 Å². The van der Waals surface area contributed by atoms with Crippen molar-refractivity contribution in [1.29, 1.82) is 5.26 Å². The molecule has 0 aliphatic heterocycles. The van der Waals surface area contributed by atoms with Crippen LogP contribution in [0.15, 0.2) is 24.3 Å². The first-order valence-corrected chi connectivity index (χ1v) is 8.65. The van der Waals surface area contributed by atoms with Gasteiger partial charge in [0.15, 0.2) is 15.3 Å². The summed E-state index contributed by atoms with van der Waals surface area (Å²) in [5.41, 5.74) is -1.14. The van der Waals surface area contributed by atoms with Crippen LogP contribution in [0.25, 0.3) is 0 Å². The lowest BCUT2D eigenvalue weighted by molar-refractivity contribution is -0.147. The van der Waals surface area contributed by atoms with E-state index < -0.39 is 32.4 Å². The topological polar surface area (TPSA) is 84.2 Å². The zero-order valence-electron chi connectivity index (χ0n) is 11.5. The summed E-state index contributed by atoms with van der Waals surface area (Å²) in [6.07, 6.45) is 1.02. The molecule has 1 aromatic rings. The highest BCUT2D eigenvalue weighted by Gasteiger charge is 2.76. The van der Waals surface area contributed by atoms with Crippen LogP contribution < -0.4 is 0 Å². The van der Waals surface area contributed by atoms with E-state index in [1.165, 1.54) is 0 Å². The molecule has 0 radical (unpaired) electrons. The number of carbonyl (C=O) groups is 1. The maximum Gasteiger partial charge on any atom is 0.328 e. The molecule has 5 nitrogen and oxygen atoms in total. The zero-order valence-corrected chi connectivity index (χ0v) is 13.1. The molecular formula is C14H14ClNO4S. The van der Waals surface area contributed by atoms with Crippen LogP contribution in [-0.4, -0.2) is 32.5 Å². The molecule has 1 fully saturated rings. The van der Waals surface area contributed by atoms with Gasteiger partial charge in [-0.1, -0.05) is 23.7 Å². The number of hydrogen-bond donors (Lipinski definition) is 0. The number of hydrogen-bond acceptors (Lipinski definition) is 5. The highest BCUT2D eigenvalue weighted by molar-refractivity contribution is 7.91. The standard InChI is InChI=1S/C14H14ClNO4S/c1-3-20-13(17)14(8-16)11(12(14)21(2,18)19)9-5-4-6-10(15)7-9/h4-7,11-12H,3H2,1-2H3/t11-,12-,14+/m0/s1. The fourth-order valence-corrected chi connectivity index (χ4v) is 4.71. The van der Waals surface area contributed by atoms with E-state index in [9.17, 15) is 18.5 Å². The van der Waals surface area contributed by atoms with Crippen LogP contribution in [-0.2, 0) is 19.4 Å².